The minimum atomic E-state index is -4.46. The van der Waals surface area contributed by atoms with Crippen LogP contribution in [0.1, 0.15) is 21.7 Å². The summed E-state index contributed by atoms with van der Waals surface area (Å²) in [5.74, 6) is -0.805. The number of alkyl halides is 3. The molecule has 0 radical (unpaired) electrons. The SMILES string of the molecule is O=C(O)c1coc(CNc2ccc(C(F)(F)F)cc2Cl)c1. The van der Waals surface area contributed by atoms with E-state index in [4.69, 9.17) is 21.1 Å². The van der Waals surface area contributed by atoms with Crippen molar-refractivity contribution < 1.29 is 27.5 Å². The monoisotopic (exact) mass is 319 g/mol. The van der Waals surface area contributed by atoms with Crippen LogP contribution in [0.15, 0.2) is 34.9 Å². The van der Waals surface area contributed by atoms with Crippen LogP contribution in [0.3, 0.4) is 0 Å². The predicted molar refractivity (Wildman–Crippen MR) is 69.4 cm³/mol. The molecule has 0 bridgehead atoms. The molecule has 0 atom stereocenters. The number of carboxylic acids is 1. The van der Waals surface area contributed by atoms with Crippen LogP contribution < -0.4 is 5.32 Å². The molecule has 2 N–H and O–H groups in total. The third-order valence-corrected chi connectivity index (χ3v) is 2.96. The second kappa shape index (κ2) is 5.69. The number of rotatable bonds is 4. The fourth-order valence-corrected chi connectivity index (χ4v) is 1.85. The Morgan fingerprint density at radius 3 is 2.57 bits per heavy atom. The molecular weight excluding hydrogens is 311 g/mol. The van der Waals surface area contributed by atoms with E-state index >= 15 is 0 Å². The molecule has 0 aliphatic heterocycles. The molecule has 0 spiro atoms. The molecule has 0 aliphatic rings. The lowest BCUT2D eigenvalue weighted by Crippen LogP contribution is -2.06. The van der Waals surface area contributed by atoms with Gasteiger partial charge < -0.3 is 14.8 Å². The third-order valence-electron chi connectivity index (χ3n) is 2.65. The summed E-state index contributed by atoms with van der Waals surface area (Å²) in [7, 11) is 0. The molecule has 0 aliphatic carbocycles. The molecule has 21 heavy (non-hydrogen) atoms. The number of hydrogen-bond acceptors (Lipinski definition) is 3. The molecule has 4 nitrogen and oxygen atoms in total. The van der Waals surface area contributed by atoms with Gasteiger partial charge in [-0.15, -0.1) is 0 Å². The summed E-state index contributed by atoms with van der Waals surface area (Å²) in [6.45, 7) is 0.0956. The zero-order chi connectivity index (χ0) is 15.6. The van der Waals surface area contributed by atoms with Crippen LogP contribution in [0.5, 0.6) is 0 Å². The van der Waals surface area contributed by atoms with Gasteiger partial charge in [-0.2, -0.15) is 13.2 Å². The van der Waals surface area contributed by atoms with E-state index in [2.05, 4.69) is 5.32 Å². The fourth-order valence-electron chi connectivity index (χ4n) is 1.60. The smallest absolute Gasteiger partial charge is 0.416 e. The number of nitrogens with one attached hydrogen (secondary N) is 1. The summed E-state index contributed by atoms with van der Waals surface area (Å²) < 4.78 is 42.4. The molecule has 2 rings (SSSR count). The maximum atomic E-state index is 12.5. The molecule has 1 aromatic heterocycles. The molecule has 0 unspecified atom stereocenters. The molecule has 112 valence electrons. The lowest BCUT2D eigenvalue weighted by Gasteiger charge is -2.11. The Hall–Kier alpha value is -2.15. The van der Waals surface area contributed by atoms with E-state index in [0.29, 0.717) is 5.76 Å². The second-order valence-electron chi connectivity index (χ2n) is 4.15. The first kappa shape index (κ1) is 15.2. The second-order valence-corrected chi connectivity index (χ2v) is 4.56. The Morgan fingerprint density at radius 1 is 1.33 bits per heavy atom. The standard InChI is InChI=1S/C13H9ClF3NO3/c14-10-4-8(13(15,16)17)1-2-11(10)18-5-9-3-7(6-21-9)12(19)20/h1-4,6,18H,5H2,(H,19,20). The molecule has 0 saturated heterocycles. The van der Waals surface area contributed by atoms with Gasteiger partial charge in [0.2, 0.25) is 0 Å². The first-order valence-electron chi connectivity index (χ1n) is 5.68. The molecule has 0 saturated carbocycles. The highest BCUT2D eigenvalue weighted by atomic mass is 35.5. The highest BCUT2D eigenvalue weighted by Crippen LogP contribution is 2.33. The van der Waals surface area contributed by atoms with Crippen LogP contribution in [-0.4, -0.2) is 11.1 Å². The van der Waals surface area contributed by atoms with E-state index in [0.717, 1.165) is 18.4 Å². The van der Waals surface area contributed by atoms with Crippen molar-refractivity contribution in [2.24, 2.45) is 0 Å². The Balaban J connectivity index is 2.08. The topological polar surface area (TPSA) is 62.5 Å². The van der Waals surface area contributed by atoms with Gasteiger partial charge in [0.15, 0.2) is 0 Å². The number of hydrogen-bond donors (Lipinski definition) is 2. The summed E-state index contributed by atoms with van der Waals surface area (Å²) in [5, 5.41) is 11.4. The lowest BCUT2D eigenvalue weighted by atomic mass is 10.2. The van der Waals surface area contributed by atoms with Crippen molar-refractivity contribution in [1.29, 1.82) is 0 Å². The van der Waals surface area contributed by atoms with Crippen molar-refractivity contribution in [2.45, 2.75) is 12.7 Å². The zero-order valence-electron chi connectivity index (χ0n) is 10.4. The zero-order valence-corrected chi connectivity index (χ0v) is 11.1. The lowest BCUT2D eigenvalue weighted by molar-refractivity contribution is -0.137. The molecule has 0 amide bonds. The largest absolute Gasteiger partial charge is 0.478 e. The van der Waals surface area contributed by atoms with E-state index in [1.54, 1.807) is 0 Å². The number of carboxylic acid groups (broad SMARTS) is 1. The third kappa shape index (κ3) is 3.69. The molecule has 0 fully saturated rings. The predicted octanol–water partition coefficient (Wildman–Crippen LogP) is 4.26. The highest BCUT2D eigenvalue weighted by Gasteiger charge is 2.30. The van der Waals surface area contributed by atoms with Gasteiger partial charge in [-0.25, -0.2) is 4.79 Å². The van der Waals surface area contributed by atoms with Crippen molar-refractivity contribution in [1.82, 2.24) is 0 Å². The minimum Gasteiger partial charge on any atom is -0.478 e. The number of anilines is 1. The Labute approximate surface area is 122 Å². The maximum absolute atomic E-state index is 12.5. The minimum absolute atomic E-state index is 0.00897. The average molecular weight is 320 g/mol. The molecule has 2 aromatic rings. The normalized spacial score (nSPS) is 11.4. The molecule has 8 heteroatoms. The van der Waals surface area contributed by atoms with E-state index in [1.165, 1.54) is 12.1 Å². The van der Waals surface area contributed by atoms with E-state index in [1.807, 2.05) is 0 Å². The Kier molecular flexibility index (Phi) is 4.13. The van der Waals surface area contributed by atoms with Crippen LogP contribution in [0.25, 0.3) is 0 Å². The van der Waals surface area contributed by atoms with Gasteiger partial charge in [0.1, 0.15) is 12.0 Å². The van der Waals surface area contributed by atoms with Gasteiger partial charge in [-0.05, 0) is 24.3 Å². The van der Waals surface area contributed by atoms with Crippen LogP contribution >= 0.6 is 11.6 Å². The quantitative estimate of drug-likeness (QED) is 0.883. The van der Waals surface area contributed by atoms with E-state index in [9.17, 15) is 18.0 Å². The summed E-state index contributed by atoms with van der Waals surface area (Å²) in [5.41, 5.74) is -0.563. The van der Waals surface area contributed by atoms with Crippen molar-refractivity contribution in [3.8, 4) is 0 Å². The number of halogens is 4. The summed E-state index contributed by atoms with van der Waals surface area (Å²) in [4.78, 5) is 10.7. The van der Waals surface area contributed by atoms with Gasteiger partial charge in [0.05, 0.1) is 28.4 Å². The van der Waals surface area contributed by atoms with E-state index in [-0.39, 0.29) is 22.8 Å². The Bertz CT molecular complexity index is 667. The Morgan fingerprint density at radius 2 is 2.05 bits per heavy atom. The first-order chi connectivity index (χ1) is 9.77. The van der Waals surface area contributed by atoms with Gasteiger partial charge in [-0.3, -0.25) is 0 Å². The van der Waals surface area contributed by atoms with Crippen LogP contribution in [0, 0.1) is 0 Å². The fraction of sp³-hybridized carbons (Fsp3) is 0.154. The number of aromatic carboxylic acids is 1. The van der Waals surface area contributed by atoms with Crippen LogP contribution in [0.2, 0.25) is 5.02 Å². The van der Waals surface area contributed by atoms with Gasteiger partial charge in [0.25, 0.3) is 0 Å². The maximum Gasteiger partial charge on any atom is 0.416 e. The van der Waals surface area contributed by atoms with Crippen LogP contribution in [0.4, 0.5) is 18.9 Å². The van der Waals surface area contributed by atoms with E-state index < -0.39 is 17.7 Å². The summed E-state index contributed by atoms with van der Waals surface area (Å²) >= 11 is 5.77. The van der Waals surface area contributed by atoms with Crippen molar-refractivity contribution in [3.63, 3.8) is 0 Å². The van der Waals surface area contributed by atoms with Gasteiger partial charge in [-0.1, -0.05) is 11.6 Å². The molecule has 1 heterocycles. The number of carbonyl (C=O) groups is 1. The molecular formula is C13H9ClF3NO3. The van der Waals surface area contributed by atoms with Gasteiger partial charge in [0, 0.05) is 0 Å². The average Bonchev–Trinajstić information content (AvgIpc) is 2.85. The number of furan rings is 1. The van der Waals surface area contributed by atoms with Gasteiger partial charge >= 0.3 is 12.1 Å². The molecule has 1 aromatic carbocycles. The van der Waals surface area contributed by atoms with Crippen molar-refractivity contribution in [3.05, 3.63) is 52.4 Å². The van der Waals surface area contributed by atoms with Crippen molar-refractivity contribution in [2.75, 3.05) is 5.32 Å². The van der Waals surface area contributed by atoms with Crippen molar-refractivity contribution >= 4 is 23.3 Å². The highest BCUT2D eigenvalue weighted by molar-refractivity contribution is 6.33. The first-order valence-corrected chi connectivity index (χ1v) is 6.06. The summed E-state index contributed by atoms with van der Waals surface area (Å²) in [6.07, 6.45) is -3.38. The summed E-state index contributed by atoms with van der Waals surface area (Å²) in [6, 6.07) is 4.23. The number of benzene rings is 1. The van der Waals surface area contributed by atoms with Crippen LogP contribution in [-0.2, 0) is 12.7 Å².